The zero-order chi connectivity index (χ0) is 14.8. The average molecular weight is 279 g/mol. The summed E-state index contributed by atoms with van der Waals surface area (Å²) in [5.74, 6) is -0.104. The Morgan fingerprint density at radius 3 is 2.80 bits per heavy atom. The zero-order valence-electron chi connectivity index (χ0n) is 12.3. The molecular weight excluding hydrogens is 257 g/mol. The fourth-order valence-electron chi connectivity index (χ4n) is 3.18. The maximum absolute atomic E-state index is 13.5. The summed E-state index contributed by atoms with van der Waals surface area (Å²) in [6.45, 7) is 3.97. The summed E-state index contributed by atoms with van der Waals surface area (Å²) in [4.78, 5) is 12.2. The van der Waals surface area contributed by atoms with Gasteiger partial charge in [-0.15, -0.1) is 0 Å². The first-order valence-corrected chi connectivity index (χ1v) is 7.09. The molecule has 4 heteroatoms. The number of hydrogen-bond acceptors (Lipinski definition) is 3. The van der Waals surface area contributed by atoms with Gasteiger partial charge in [-0.25, -0.2) is 9.18 Å². The number of carbonyl (C=O) groups is 1. The molecule has 0 aliphatic heterocycles. The predicted molar refractivity (Wildman–Crippen MR) is 77.1 cm³/mol. The molecule has 1 aliphatic carbocycles. The van der Waals surface area contributed by atoms with Crippen LogP contribution in [0.3, 0.4) is 0 Å². The van der Waals surface area contributed by atoms with Crippen LogP contribution in [0.1, 0.15) is 38.2 Å². The fraction of sp³-hybridized carbons (Fsp3) is 0.562. The van der Waals surface area contributed by atoms with E-state index in [9.17, 15) is 9.18 Å². The molecule has 1 aliphatic rings. The third-order valence-corrected chi connectivity index (χ3v) is 4.00. The van der Waals surface area contributed by atoms with Crippen LogP contribution in [0.2, 0.25) is 0 Å². The standard InChI is InChI=1S/C16H22FNO2/c1-11-5-4-6-16(10-11,15(19)20-3)18-14-8-12(2)7-13(17)9-14/h7-9,11,18H,4-6,10H2,1-3H3. The Morgan fingerprint density at radius 1 is 1.45 bits per heavy atom. The summed E-state index contributed by atoms with van der Waals surface area (Å²) in [6.07, 6.45) is 3.52. The highest BCUT2D eigenvalue weighted by atomic mass is 19.1. The van der Waals surface area contributed by atoms with Crippen molar-refractivity contribution < 1.29 is 13.9 Å². The van der Waals surface area contributed by atoms with Crippen LogP contribution in [0, 0.1) is 18.7 Å². The summed E-state index contributed by atoms with van der Waals surface area (Å²) in [5, 5.41) is 3.24. The van der Waals surface area contributed by atoms with E-state index in [1.807, 2.05) is 13.0 Å². The van der Waals surface area contributed by atoms with Crippen molar-refractivity contribution in [1.29, 1.82) is 0 Å². The highest BCUT2D eigenvalue weighted by Gasteiger charge is 2.42. The van der Waals surface area contributed by atoms with Crippen LogP contribution in [0.5, 0.6) is 0 Å². The van der Waals surface area contributed by atoms with E-state index >= 15 is 0 Å². The number of halogens is 1. The highest BCUT2D eigenvalue weighted by molar-refractivity contribution is 5.84. The lowest BCUT2D eigenvalue weighted by molar-refractivity contribution is -0.147. The molecule has 3 nitrogen and oxygen atoms in total. The second kappa shape index (κ2) is 5.81. The average Bonchev–Trinajstić information content (AvgIpc) is 2.36. The quantitative estimate of drug-likeness (QED) is 0.858. The van der Waals surface area contributed by atoms with Crippen LogP contribution >= 0.6 is 0 Å². The second-order valence-electron chi connectivity index (χ2n) is 5.92. The molecule has 0 heterocycles. The molecule has 2 rings (SSSR count). The molecule has 1 N–H and O–H groups in total. The number of nitrogens with one attached hydrogen (secondary N) is 1. The van der Waals surface area contributed by atoms with E-state index < -0.39 is 5.54 Å². The highest BCUT2D eigenvalue weighted by Crippen LogP contribution is 2.36. The first-order valence-electron chi connectivity index (χ1n) is 7.09. The molecule has 0 aromatic heterocycles. The molecule has 1 saturated carbocycles. The number of benzene rings is 1. The van der Waals surface area contributed by atoms with Gasteiger partial charge in [-0.3, -0.25) is 0 Å². The van der Waals surface area contributed by atoms with Crippen LogP contribution in [-0.2, 0) is 9.53 Å². The van der Waals surface area contributed by atoms with Gasteiger partial charge in [0.25, 0.3) is 0 Å². The van der Waals surface area contributed by atoms with Crippen molar-refractivity contribution in [3.63, 3.8) is 0 Å². The fourth-order valence-corrected chi connectivity index (χ4v) is 3.18. The predicted octanol–water partition coefficient (Wildman–Crippen LogP) is 3.67. The van der Waals surface area contributed by atoms with E-state index in [0.29, 0.717) is 11.6 Å². The van der Waals surface area contributed by atoms with Crippen molar-refractivity contribution >= 4 is 11.7 Å². The van der Waals surface area contributed by atoms with Gasteiger partial charge >= 0.3 is 5.97 Å². The van der Waals surface area contributed by atoms with Crippen molar-refractivity contribution in [3.05, 3.63) is 29.6 Å². The van der Waals surface area contributed by atoms with Crippen molar-refractivity contribution in [1.82, 2.24) is 0 Å². The number of carbonyl (C=O) groups excluding carboxylic acids is 1. The van der Waals surface area contributed by atoms with Gasteiger partial charge in [0.05, 0.1) is 7.11 Å². The normalized spacial score (nSPS) is 26.1. The van der Waals surface area contributed by atoms with E-state index in [2.05, 4.69) is 12.2 Å². The Morgan fingerprint density at radius 2 is 2.20 bits per heavy atom. The smallest absolute Gasteiger partial charge is 0.331 e. The van der Waals surface area contributed by atoms with Crippen LogP contribution in [0.15, 0.2) is 18.2 Å². The Balaban J connectivity index is 2.30. The molecule has 0 radical (unpaired) electrons. The lowest BCUT2D eigenvalue weighted by Gasteiger charge is -2.39. The van der Waals surface area contributed by atoms with Crippen molar-refractivity contribution in [2.24, 2.45) is 5.92 Å². The van der Waals surface area contributed by atoms with Crippen LogP contribution in [-0.4, -0.2) is 18.6 Å². The lowest BCUT2D eigenvalue weighted by atomic mass is 9.76. The topological polar surface area (TPSA) is 38.3 Å². The number of rotatable bonds is 3. The van der Waals surface area contributed by atoms with Gasteiger partial charge in [0.2, 0.25) is 0 Å². The maximum atomic E-state index is 13.5. The van der Waals surface area contributed by atoms with E-state index in [4.69, 9.17) is 4.74 Å². The lowest BCUT2D eigenvalue weighted by Crippen LogP contribution is -2.50. The summed E-state index contributed by atoms with van der Waals surface area (Å²) in [7, 11) is 1.40. The molecule has 110 valence electrons. The summed E-state index contributed by atoms with van der Waals surface area (Å²) < 4.78 is 18.5. The Hall–Kier alpha value is -1.58. The molecular formula is C16H22FNO2. The molecule has 2 unspecified atom stereocenters. The molecule has 0 bridgehead atoms. The number of ether oxygens (including phenoxy) is 1. The van der Waals surface area contributed by atoms with Gasteiger partial charge in [0.1, 0.15) is 11.4 Å². The Kier molecular flexibility index (Phi) is 4.31. The largest absolute Gasteiger partial charge is 0.467 e. The molecule has 0 spiro atoms. The van der Waals surface area contributed by atoms with Crippen LogP contribution < -0.4 is 5.32 Å². The first kappa shape index (κ1) is 14.8. The van der Waals surface area contributed by atoms with E-state index in [1.54, 1.807) is 0 Å². The number of aryl methyl sites for hydroxylation is 1. The Labute approximate surface area is 119 Å². The summed E-state index contributed by atoms with van der Waals surface area (Å²) in [5.41, 5.74) is 0.741. The van der Waals surface area contributed by atoms with Crippen LogP contribution in [0.25, 0.3) is 0 Å². The van der Waals surface area contributed by atoms with Gasteiger partial charge < -0.3 is 10.1 Å². The number of esters is 1. The minimum Gasteiger partial charge on any atom is -0.467 e. The van der Waals surface area contributed by atoms with Crippen molar-refractivity contribution in [3.8, 4) is 0 Å². The van der Waals surface area contributed by atoms with Gasteiger partial charge in [0, 0.05) is 5.69 Å². The van der Waals surface area contributed by atoms with Gasteiger partial charge in [-0.2, -0.15) is 0 Å². The Bertz CT molecular complexity index is 483. The number of hydrogen-bond donors (Lipinski definition) is 1. The van der Waals surface area contributed by atoms with Crippen molar-refractivity contribution in [2.75, 3.05) is 12.4 Å². The molecule has 2 atom stereocenters. The molecule has 1 fully saturated rings. The summed E-state index contributed by atoms with van der Waals surface area (Å²) >= 11 is 0. The van der Waals surface area contributed by atoms with Crippen molar-refractivity contribution in [2.45, 2.75) is 45.1 Å². The third-order valence-electron chi connectivity index (χ3n) is 4.00. The molecule has 1 aromatic rings. The van der Waals surface area contributed by atoms with E-state index in [1.165, 1.54) is 19.2 Å². The zero-order valence-corrected chi connectivity index (χ0v) is 12.3. The van der Waals surface area contributed by atoms with Gasteiger partial charge in [-0.05, 0) is 49.4 Å². The molecule has 1 aromatic carbocycles. The molecule has 0 amide bonds. The van der Waals surface area contributed by atoms with E-state index in [-0.39, 0.29) is 11.8 Å². The monoisotopic (exact) mass is 279 g/mol. The minimum atomic E-state index is -0.730. The van der Waals surface area contributed by atoms with E-state index in [0.717, 1.165) is 31.2 Å². The molecule has 0 saturated heterocycles. The van der Waals surface area contributed by atoms with Gasteiger partial charge in [-0.1, -0.05) is 19.8 Å². The third kappa shape index (κ3) is 3.11. The second-order valence-corrected chi connectivity index (χ2v) is 5.92. The number of anilines is 1. The first-order chi connectivity index (χ1) is 9.45. The van der Waals surface area contributed by atoms with Crippen LogP contribution in [0.4, 0.5) is 10.1 Å². The number of methoxy groups -OCH3 is 1. The summed E-state index contributed by atoms with van der Waals surface area (Å²) in [6, 6.07) is 4.75. The van der Waals surface area contributed by atoms with Gasteiger partial charge in [0.15, 0.2) is 0 Å². The SMILES string of the molecule is COC(=O)C1(Nc2cc(C)cc(F)c2)CCCC(C)C1. The maximum Gasteiger partial charge on any atom is 0.331 e. The molecule has 20 heavy (non-hydrogen) atoms. The minimum absolute atomic E-state index is 0.258.